The number of hydrogen-bond acceptors (Lipinski definition) is 2. The predicted octanol–water partition coefficient (Wildman–Crippen LogP) is 3.07. The number of aliphatic hydroxyl groups is 1. The van der Waals surface area contributed by atoms with E-state index in [4.69, 9.17) is 0 Å². The lowest BCUT2D eigenvalue weighted by molar-refractivity contribution is 0.156. The molecule has 0 amide bonds. The molecule has 1 aliphatic heterocycles. The summed E-state index contributed by atoms with van der Waals surface area (Å²) in [4.78, 5) is 0. The standard InChI is InChI=1S/C16H17NO/c1-11-6-8-12(9-7-11)16(18)15-10-13-4-2-3-5-14(13)17-15/h2-9,15-18H,10H2,1H3. The monoisotopic (exact) mass is 239 g/mol. The highest BCUT2D eigenvalue weighted by atomic mass is 16.3. The maximum Gasteiger partial charge on any atom is 0.0994 e. The van der Waals surface area contributed by atoms with E-state index in [1.807, 2.05) is 36.4 Å². The number of hydrogen-bond donors (Lipinski definition) is 2. The summed E-state index contributed by atoms with van der Waals surface area (Å²) >= 11 is 0. The first kappa shape index (κ1) is 11.3. The lowest BCUT2D eigenvalue weighted by Gasteiger charge is -2.19. The fourth-order valence-corrected chi connectivity index (χ4v) is 2.51. The third-order valence-corrected chi connectivity index (χ3v) is 3.60. The zero-order valence-electron chi connectivity index (χ0n) is 10.4. The molecule has 2 aromatic rings. The van der Waals surface area contributed by atoms with Crippen molar-refractivity contribution in [2.24, 2.45) is 0 Å². The van der Waals surface area contributed by atoms with Crippen molar-refractivity contribution < 1.29 is 5.11 Å². The van der Waals surface area contributed by atoms with Gasteiger partial charge in [0.1, 0.15) is 0 Å². The highest BCUT2D eigenvalue weighted by Crippen LogP contribution is 2.31. The molecule has 0 aromatic heterocycles. The van der Waals surface area contributed by atoms with Crippen molar-refractivity contribution in [1.29, 1.82) is 0 Å². The lowest BCUT2D eigenvalue weighted by atomic mass is 9.99. The molecule has 0 fully saturated rings. The Morgan fingerprint density at radius 1 is 1.11 bits per heavy atom. The predicted molar refractivity (Wildman–Crippen MR) is 73.7 cm³/mol. The third-order valence-electron chi connectivity index (χ3n) is 3.60. The van der Waals surface area contributed by atoms with Gasteiger partial charge in [0, 0.05) is 5.69 Å². The smallest absolute Gasteiger partial charge is 0.0994 e. The second-order valence-corrected chi connectivity index (χ2v) is 4.97. The summed E-state index contributed by atoms with van der Waals surface area (Å²) in [5, 5.41) is 13.8. The maximum absolute atomic E-state index is 10.4. The molecule has 2 heteroatoms. The number of fused-ring (bicyclic) bond motifs is 1. The summed E-state index contributed by atoms with van der Waals surface area (Å²) in [7, 11) is 0. The van der Waals surface area contributed by atoms with Gasteiger partial charge in [0.15, 0.2) is 0 Å². The van der Waals surface area contributed by atoms with Crippen molar-refractivity contribution in [3.05, 3.63) is 65.2 Å². The molecule has 2 unspecified atom stereocenters. The van der Waals surface area contributed by atoms with Gasteiger partial charge in [-0.05, 0) is 30.5 Å². The highest BCUT2D eigenvalue weighted by Gasteiger charge is 2.27. The Balaban J connectivity index is 1.80. The van der Waals surface area contributed by atoms with E-state index in [1.54, 1.807) is 0 Å². The summed E-state index contributed by atoms with van der Waals surface area (Å²) < 4.78 is 0. The van der Waals surface area contributed by atoms with Gasteiger partial charge in [0.2, 0.25) is 0 Å². The van der Waals surface area contributed by atoms with E-state index < -0.39 is 6.10 Å². The summed E-state index contributed by atoms with van der Waals surface area (Å²) in [6.45, 7) is 2.06. The Bertz CT molecular complexity index is 522. The Labute approximate surface area is 107 Å². The molecule has 92 valence electrons. The van der Waals surface area contributed by atoms with Crippen LogP contribution in [-0.2, 0) is 6.42 Å². The van der Waals surface area contributed by atoms with Crippen LogP contribution in [0.25, 0.3) is 0 Å². The highest BCUT2D eigenvalue weighted by molar-refractivity contribution is 5.57. The molecule has 0 bridgehead atoms. The number of para-hydroxylation sites is 1. The molecule has 0 saturated heterocycles. The van der Waals surface area contributed by atoms with Gasteiger partial charge in [0.05, 0.1) is 12.1 Å². The molecular formula is C16H17NO. The van der Waals surface area contributed by atoms with Crippen molar-refractivity contribution in [2.45, 2.75) is 25.5 Å². The Hall–Kier alpha value is -1.80. The van der Waals surface area contributed by atoms with E-state index in [-0.39, 0.29) is 6.04 Å². The number of aryl methyl sites for hydroxylation is 1. The number of nitrogens with one attached hydrogen (secondary N) is 1. The van der Waals surface area contributed by atoms with Gasteiger partial charge >= 0.3 is 0 Å². The third kappa shape index (κ3) is 2.00. The van der Waals surface area contributed by atoms with Gasteiger partial charge < -0.3 is 10.4 Å². The van der Waals surface area contributed by atoms with E-state index in [0.717, 1.165) is 17.7 Å². The summed E-state index contributed by atoms with van der Waals surface area (Å²) in [6.07, 6.45) is 0.420. The zero-order valence-corrected chi connectivity index (χ0v) is 10.4. The molecule has 0 saturated carbocycles. The van der Waals surface area contributed by atoms with Crippen LogP contribution in [0.15, 0.2) is 48.5 Å². The molecule has 0 aliphatic carbocycles. The number of benzene rings is 2. The summed E-state index contributed by atoms with van der Waals surface area (Å²) in [5.74, 6) is 0. The number of rotatable bonds is 2. The van der Waals surface area contributed by atoms with E-state index in [0.29, 0.717) is 0 Å². The van der Waals surface area contributed by atoms with Crippen molar-refractivity contribution in [3.8, 4) is 0 Å². The van der Waals surface area contributed by atoms with Crippen LogP contribution < -0.4 is 5.32 Å². The van der Waals surface area contributed by atoms with Gasteiger partial charge in [-0.15, -0.1) is 0 Å². The number of anilines is 1. The van der Waals surface area contributed by atoms with E-state index >= 15 is 0 Å². The topological polar surface area (TPSA) is 32.3 Å². The zero-order chi connectivity index (χ0) is 12.5. The average molecular weight is 239 g/mol. The van der Waals surface area contributed by atoms with Crippen LogP contribution in [0, 0.1) is 6.92 Å². The van der Waals surface area contributed by atoms with Gasteiger partial charge in [-0.1, -0.05) is 48.0 Å². The van der Waals surface area contributed by atoms with Crippen LogP contribution in [0.1, 0.15) is 22.8 Å². The largest absolute Gasteiger partial charge is 0.386 e. The van der Waals surface area contributed by atoms with E-state index in [2.05, 4.69) is 24.4 Å². The molecule has 2 aromatic carbocycles. The van der Waals surface area contributed by atoms with Crippen LogP contribution in [0.5, 0.6) is 0 Å². The second kappa shape index (κ2) is 4.46. The fourth-order valence-electron chi connectivity index (χ4n) is 2.51. The van der Waals surface area contributed by atoms with Crippen LogP contribution >= 0.6 is 0 Å². The first-order valence-electron chi connectivity index (χ1n) is 6.33. The minimum absolute atomic E-state index is 0.0742. The van der Waals surface area contributed by atoms with E-state index in [9.17, 15) is 5.11 Å². The average Bonchev–Trinajstić information content (AvgIpc) is 2.82. The molecule has 1 aliphatic rings. The van der Waals surface area contributed by atoms with Crippen LogP contribution in [0.3, 0.4) is 0 Å². The first-order chi connectivity index (χ1) is 8.74. The van der Waals surface area contributed by atoms with Gasteiger partial charge in [-0.25, -0.2) is 0 Å². The number of aliphatic hydroxyl groups excluding tert-OH is 1. The molecule has 0 radical (unpaired) electrons. The van der Waals surface area contributed by atoms with Gasteiger partial charge in [0.25, 0.3) is 0 Å². The quantitative estimate of drug-likeness (QED) is 0.844. The van der Waals surface area contributed by atoms with Gasteiger partial charge in [-0.3, -0.25) is 0 Å². The normalized spacial score (nSPS) is 19.1. The molecular weight excluding hydrogens is 222 g/mol. The minimum Gasteiger partial charge on any atom is -0.386 e. The molecule has 2 atom stereocenters. The molecule has 18 heavy (non-hydrogen) atoms. The van der Waals surface area contributed by atoms with Crippen LogP contribution in [0.4, 0.5) is 5.69 Å². The Kier molecular flexibility index (Phi) is 2.80. The maximum atomic E-state index is 10.4. The summed E-state index contributed by atoms with van der Waals surface area (Å²) in [5.41, 5.74) is 4.63. The van der Waals surface area contributed by atoms with Crippen LogP contribution in [-0.4, -0.2) is 11.1 Å². The van der Waals surface area contributed by atoms with Gasteiger partial charge in [-0.2, -0.15) is 0 Å². The van der Waals surface area contributed by atoms with Crippen molar-refractivity contribution >= 4 is 5.69 Å². The van der Waals surface area contributed by atoms with Crippen molar-refractivity contribution in [3.63, 3.8) is 0 Å². The SMILES string of the molecule is Cc1ccc(C(O)C2Cc3ccccc3N2)cc1. The minimum atomic E-state index is -0.460. The first-order valence-corrected chi connectivity index (χ1v) is 6.33. The second-order valence-electron chi connectivity index (χ2n) is 4.97. The van der Waals surface area contributed by atoms with Crippen LogP contribution in [0.2, 0.25) is 0 Å². The van der Waals surface area contributed by atoms with Crippen molar-refractivity contribution in [1.82, 2.24) is 0 Å². The molecule has 3 rings (SSSR count). The Morgan fingerprint density at radius 3 is 2.56 bits per heavy atom. The van der Waals surface area contributed by atoms with Crippen molar-refractivity contribution in [2.75, 3.05) is 5.32 Å². The lowest BCUT2D eigenvalue weighted by Crippen LogP contribution is -2.24. The fraction of sp³-hybridized carbons (Fsp3) is 0.250. The molecule has 2 N–H and O–H groups in total. The van der Waals surface area contributed by atoms with E-state index in [1.165, 1.54) is 11.1 Å². The molecule has 1 heterocycles. The Morgan fingerprint density at radius 2 is 1.83 bits per heavy atom. The summed E-state index contributed by atoms with van der Waals surface area (Å²) in [6, 6.07) is 16.4. The molecule has 0 spiro atoms. The molecule has 2 nitrogen and oxygen atoms in total.